The van der Waals surface area contributed by atoms with Gasteiger partial charge in [-0.3, -0.25) is 4.68 Å². The molecule has 3 heteroatoms. The Morgan fingerprint density at radius 1 is 1.60 bits per heavy atom. The topological polar surface area (TPSA) is 29.9 Å². The molecule has 0 spiro atoms. The SMILES string of the molecule is CC(C)Cn1ccc(CC2CCNC2)n1. The van der Waals surface area contributed by atoms with Gasteiger partial charge in [-0.15, -0.1) is 0 Å². The van der Waals surface area contributed by atoms with Crippen molar-refractivity contribution in [1.82, 2.24) is 15.1 Å². The largest absolute Gasteiger partial charge is 0.316 e. The summed E-state index contributed by atoms with van der Waals surface area (Å²) in [5.41, 5.74) is 1.25. The van der Waals surface area contributed by atoms with Crippen molar-refractivity contribution < 1.29 is 0 Å². The van der Waals surface area contributed by atoms with Crippen molar-refractivity contribution in [1.29, 1.82) is 0 Å². The fourth-order valence-corrected chi connectivity index (χ4v) is 2.17. The molecule has 1 atom stereocenters. The zero-order valence-electron chi connectivity index (χ0n) is 9.74. The molecular weight excluding hydrogens is 186 g/mol. The van der Waals surface area contributed by atoms with Gasteiger partial charge < -0.3 is 5.32 Å². The van der Waals surface area contributed by atoms with Crippen LogP contribution in [0.3, 0.4) is 0 Å². The molecule has 1 aliphatic rings. The van der Waals surface area contributed by atoms with Gasteiger partial charge in [0.1, 0.15) is 0 Å². The number of nitrogens with zero attached hydrogens (tertiary/aromatic N) is 2. The summed E-state index contributed by atoms with van der Waals surface area (Å²) in [4.78, 5) is 0. The van der Waals surface area contributed by atoms with Crippen molar-refractivity contribution in [2.24, 2.45) is 11.8 Å². The Kier molecular flexibility index (Phi) is 3.41. The lowest BCUT2D eigenvalue weighted by Crippen LogP contribution is -2.11. The number of hydrogen-bond acceptors (Lipinski definition) is 2. The van der Waals surface area contributed by atoms with Crippen LogP contribution in [0.25, 0.3) is 0 Å². The third-order valence-corrected chi connectivity index (χ3v) is 2.91. The van der Waals surface area contributed by atoms with Crippen molar-refractivity contribution in [2.45, 2.75) is 33.2 Å². The molecule has 1 aliphatic heterocycles. The molecule has 0 aromatic carbocycles. The lowest BCUT2D eigenvalue weighted by Gasteiger charge is -2.06. The molecule has 2 heterocycles. The monoisotopic (exact) mass is 207 g/mol. The molecule has 1 unspecified atom stereocenters. The molecule has 0 bridgehead atoms. The van der Waals surface area contributed by atoms with Crippen LogP contribution in [-0.4, -0.2) is 22.9 Å². The lowest BCUT2D eigenvalue weighted by molar-refractivity contribution is 0.474. The van der Waals surface area contributed by atoms with Gasteiger partial charge in [-0.05, 0) is 43.8 Å². The molecule has 1 saturated heterocycles. The highest BCUT2D eigenvalue weighted by Crippen LogP contribution is 2.13. The molecule has 2 rings (SSSR count). The van der Waals surface area contributed by atoms with Gasteiger partial charge in [0.15, 0.2) is 0 Å². The van der Waals surface area contributed by atoms with E-state index in [0.717, 1.165) is 25.4 Å². The molecule has 0 aliphatic carbocycles. The van der Waals surface area contributed by atoms with Gasteiger partial charge in [0.05, 0.1) is 5.69 Å². The predicted molar refractivity (Wildman–Crippen MR) is 61.7 cm³/mol. The third kappa shape index (κ3) is 3.06. The van der Waals surface area contributed by atoms with Crippen LogP contribution < -0.4 is 5.32 Å². The normalized spacial score (nSPS) is 21.4. The molecule has 84 valence electrons. The minimum atomic E-state index is 0.672. The van der Waals surface area contributed by atoms with E-state index in [1.807, 2.05) is 0 Å². The van der Waals surface area contributed by atoms with Crippen LogP contribution >= 0.6 is 0 Å². The average molecular weight is 207 g/mol. The maximum atomic E-state index is 4.60. The first-order valence-electron chi connectivity index (χ1n) is 5.97. The summed E-state index contributed by atoms with van der Waals surface area (Å²) in [5.74, 6) is 1.47. The highest BCUT2D eigenvalue weighted by atomic mass is 15.3. The van der Waals surface area contributed by atoms with Crippen LogP contribution in [0, 0.1) is 11.8 Å². The second kappa shape index (κ2) is 4.79. The van der Waals surface area contributed by atoms with E-state index in [2.05, 4.69) is 41.2 Å². The molecule has 1 N–H and O–H groups in total. The highest BCUT2D eigenvalue weighted by molar-refractivity contribution is 5.01. The zero-order chi connectivity index (χ0) is 10.7. The minimum Gasteiger partial charge on any atom is -0.316 e. The van der Waals surface area contributed by atoms with E-state index in [1.54, 1.807) is 0 Å². The summed E-state index contributed by atoms with van der Waals surface area (Å²) >= 11 is 0. The lowest BCUT2D eigenvalue weighted by atomic mass is 10.0. The Bertz CT molecular complexity index is 298. The second-order valence-electron chi connectivity index (χ2n) is 4.99. The van der Waals surface area contributed by atoms with Crippen LogP contribution in [0.15, 0.2) is 12.3 Å². The summed E-state index contributed by atoms with van der Waals surface area (Å²) < 4.78 is 2.07. The first-order valence-corrected chi connectivity index (χ1v) is 5.97. The minimum absolute atomic E-state index is 0.672. The molecule has 1 aromatic heterocycles. The Balaban J connectivity index is 1.88. The van der Waals surface area contributed by atoms with Gasteiger partial charge in [0, 0.05) is 12.7 Å². The third-order valence-electron chi connectivity index (χ3n) is 2.91. The predicted octanol–water partition coefficient (Wildman–Crippen LogP) is 1.69. The Morgan fingerprint density at radius 2 is 2.47 bits per heavy atom. The number of nitrogens with one attached hydrogen (secondary N) is 1. The van der Waals surface area contributed by atoms with Gasteiger partial charge in [-0.2, -0.15) is 5.10 Å². The fourth-order valence-electron chi connectivity index (χ4n) is 2.17. The van der Waals surface area contributed by atoms with E-state index >= 15 is 0 Å². The molecule has 1 fully saturated rings. The van der Waals surface area contributed by atoms with Crippen LogP contribution in [0.5, 0.6) is 0 Å². The van der Waals surface area contributed by atoms with E-state index in [4.69, 9.17) is 0 Å². The first kappa shape index (κ1) is 10.7. The van der Waals surface area contributed by atoms with Crippen LogP contribution in [0.2, 0.25) is 0 Å². The van der Waals surface area contributed by atoms with Gasteiger partial charge in [-0.25, -0.2) is 0 Å². The summed E-state index contributed by atoms with van der Waals surface area (Å²) in [6.07, 6.45) is 4.55. The molecule has 15 heavy (non-hydrogen) atoms. The molecular formula is C12H21N3. The summed E-state index contributed by atoms with van der Waals surface area (Å²) in [5, 5.41) is 8.00. The van der Waals surface area contributed by atoms with Crippen LogP contribution in [0.4, 0.5) is 0 Å². The number of rotatable bonds is 4. The quantitative estimate of drug-likeness (QED) is 0.814. The standard InChI is InChI=1S/C12H21N3/c1-10(2)9-15-6-4-12(14-15)7-11-3-5-13-8-11/h4,6,10-11,13H,3,5,7-9H2,1-2H3. The van der Waals surface area contributed by atoms with E-state index < -0.39 is 0 Å². The smallest absolute Gasteiger partial charge is 0.0627 e. The van der Waals surface area contributed by atoms with Gasteiger partial charge in [0.2, 0.25) is 0 Å². The van der Waals surface area contributed by atoms with E-state index in [-0.39, 0.29) is 0 Å². The average Bonchev–Trinajstić information content (AvgIpc) is 2.77. The van der Waals surface area contributed by atoms with Gasteiger partial charge in [0.25, 0.3) is 0 Å². The Morgan fingerprint density at radius 3 is 3.13 bits per heavy atom. The number of hydrogen-bond donors (Lipinski definition) is 1. The van der Waals surface area contributed by atoms with Crippen molar-refractivity contribution in [3.63, 3.8) is 0 Å². The van der Waals surface area contributed by atoms with Crippen molar-refractivity contribution >= 4 is 0 Å². The highest BCUT2D eigenvalue weighted by Gasteiger charge is 2.15. The summed E-state index contributed by atoms with van der Waals surface area (Å²) in [6, 6.07) is 2.17. The van der Waals surface area contributed by atoms with Crippen LogP contribution in [-0.2, 0) is 13.0 Å². The molecule has 0 saturated carbocycles. The molecule has 0 amide bonds. The van der Waals surface area contributed by atoms with Crippen molar-refractivity contribution in [3.05, 3.63) is 18.0 Å². The first-order chi connectivity index (χ1) is 7.24. The number of aromatic nitrogens is 2. The van der Waals surface area contributed by atoms with Crippen molar-refractivity contribution in [2.75, 3.05) is 13.1 Å². The molecule has 3 nitrogen and oxygen atoms in total. The zero-order valence-corrected chi connectivity index (χ0v) is 9.74. The van der Waals surface area contributed by atoms with Gasteiger partial charge in [-0.1, -0.05) is 13.8 Å². The van der Waals surface area contributed by atoms with E-state index in [9.17, 15) is 0 Å². The Hall–Kier alpha value is -0.830. The maximum absolute atomic E-state index is 4.60. The van der Waals surface area contributed by atoms with Crippen molar-refractivity contribution in [3.8, 4) is 0 Å². The van der Waals surface area contributed by atoms with Crippen LogP contribution in [0.1, 0.15) is 26.0 Å². The Labute approximate surface area is 91.9 Å². The molecule has 1 aromatic rings. The summed E-state index contributed by atoms with van der Waals surface area (Å²) in [6.45, 7) is 7.82. The maximum Gasteiger partial charge on any atom is 0.0627 e. The van der Waals surface area contributed by atoms with E-state index in [1.165, 1.54) is 18.7 Å². The fraction of sp³-hybridized carbons (Fsp3) is 0.750. The summed E-state index contributed by atoms with van der Waals surface area (Å²) in [7, 11) is 0. The second-order valence-corrected chi connectivity index (χ2v) is 4.99. The molecule has 0 radical (unpaired) electrons. The van der Waals surface area contributed by atoms with E-state index in [0.29, 0.717) is 5.92 Å². The van der Waals surface area contributed by atoms with Gasteiger partial charge >= 0.3 is 0 Å².